The van der Waals surface area contributed by atoms with E-state index in [2.05, 4.69) is 17.4 Å². The SMILES string of the molecule is O=C(O)CC1(NC(=O)OCC2c3ccccc3-c3ccccc32)CCCN(C(=O)OCc2ccccc2)C1. The highest BCUT2D eigenvalue weighted by Gasteiger charge is 2.41. The Kier molecular flexibility index (Phi) is 7.31. The number of likely N-dealkylation sites (tertiary alicyclic amines) is 1. The van der Waals surface area contributed by atoms with Crippen LogP contribution in [0, 0.1) is 0 Å². The number of benzene rings is 3. The summed E-state index contributed by atoms with van der Waals surface area (Å²) in [6, 6.07) is 25.4. The summed E-state index contributed by atoms with van der Waals surface area (Å²) in [5.74, 6) is -1.18. The van der Waals surface area contributed by atoms with Crippen LogP contribution in [0.25, 0.3) is 11.1 Å². The highest BCUT2D eigenvalue weighted by atomic mass is 16.6. The molecule has 8 nitrogen and oxygen atoms in total. The number of aliphatic carboxylic acids is 1. The van der Waals surface area contributed by atoms with Crippen molar-refractivity contribution in [2.24, 2.45) is 0 Å². The quantitative estimate of drug-likeness (QED) is 0.451. The molecule has 1 atom stereocenters. The topological polar surface area (TPSA) is 105 Å². The molecule has 5 rings (SSSR count). The third kappa shape index (κ3) is 5.49. The number of ether oxygens (including phenoxy) is 2. The minimum atomic E-state index is -1.15. The molecule has 1 aliphatic carbocycles. The number of nitrogens with one attached hydrogen (secondary N) is 1. The Hall–Kier alpha value is -4.33. The zero-order chi connectivity index (χ0) is 26.5. The van der Waals surface area contributed by atoms with E-state index in [1.807, 2.05) is 66.7 Å². The van der Waals surface area contributed by atoms with Gasteiger partial charge in [0.25, 0.3) is 0 Å². The number of carbonyl (C=O) groups excluding carboxylic acids is 2. The lowest BCUT2D eigenvalue weighted by Gasteiger charge is -2.41. The van der Waals surface area contributed by atoms with Crippen LogP contribution >= 0.6 is 0 Å². The first-order valence-electron chi connectivity index (χ1n) is 12.7. The molecule has 1 fully saturated rings. The fourth-order valence-corrected chi connectivity index (χ4v) is 5.53. The van der Waals surface area contributed by atoms with Crippen LogP contribution in [-0.2, 0) is 20.9 Å². The molecule has 0 saturated carbocycles. The molecule has 196 valence electrons. The van der Waals surface area contributed by atoms with E-state index in [0.717, 1.165) is 27.8 Å². The second kappa shape index (κ2) is 11.0. The van der Waals surface area contributed by atoms with E-state index in [1.54, 1.807) is 0 Å². The Bertz CT molecular complexity index is 1280. The molecular formula is C30H30N2O6. The Balaban J connectivity index is 1.24. The Morgan fingerprint density at radius 1 is 0.895 bits per heavy atom. The molecule has 1 unspecified atom stereocenters. The summed E-state index contributed by atoms with van der Waals surface area (Å²) >= 11 is 0. The van der Waals surface area contributed by atoms with E-state index in [4.69, 9.17) is 9.47 Å². The molecule has 1 aliphatic heterocycles. The van der Waals surface area contributed by atoms with Crippen LogP contribution in [0.2, 0.25) is 0 Å². The molecule has 8 heteroatoms. The van der Waals surface area contributed by atoms with Crippen molar-refractivity contribution in [3.8, 4) is 11.1 Å². The van der Waals surface area contributed by atoms with Crippen molar-refractivity contribution in [2.75, 3.05) is 19.7 Å². The van der Waals surface area contributed by atoms with Crippen molar-refractivity contribution in [3.63, 3.8) is 0 Å². The number of carboxylic acids is 1. The number of hydrogen-bond donors (Lipinski definition) is 2. The predicted molar refractivity (Wildman–Crippen MR) is 141 cm³/mol. The Labute approximate surface area is 221 Å². The van der Waals surface area contributed by atoms with E-state index in [9.17, 15) is 19.5 Å². The second-order valence-corrected chi connectivity index (χ2v) is 9.87. The van der Waals surface area contributed by atoms with Gasteiger partial charge in [-0.2, -0.15) is 0 Å². The molecule has 0 aromatic heterocycles. The molecule has 2 amide bonds. The summed E-state index contributed by atoms with van der Waals surface area (Å²) in [6.07, 6.45) is -0.645. The lowest BCUT2D eigenvalue weighted by Crippen LogP contribution is -2.60. The molecule has 1 saturated heterocycles. The number of carboxylic acid groups (broad SMARTS) is 1. The maximum Gasteiger partial charge on any atom is 0.410 e. The normalized spacial score (nSPS) is 18.3. The number of rotatable bonds is 7. The van der Waals surface area contributed by atoms with Crippen molar-refractivity contribution in [1.82, 2.24) is 10.2 Å². The van der Waals surface area contributed by atoms with Gasteiger partial charge in [-0.3, -0.25) is 4.79 Å². The third-order valence-corrected chi connectivity index (χ3v) is 7.24. The van der Waals surface area contributed by atoms with Crippen molar-refractivity contribution < 1.29 is 29.0 Å². The first-order valence-corrected chi connectivity index (χ1v) is 12.7. The van der Waals surface area contributed by atoms with E-state index in [0.29, 0.717) is 19.4 Å². The van der Waals surface area contributed by atoms with Gasteiger partial charge < -0.3 is 24.8 Å². The number of alkyl carbamates (subject to hydrolysis) is 1. The Morgan fingerprint density at radius 3 is 2.18 bits per heavy atom. The fourth-order valence-electron chi connectivity index (χ4n) is 5.53. The van der Waals surface area contributed by atoms with Gasteiger partial charge in [-0.15, -0.1) is 0 Å². The molecular weight excluding hydrogens is 484 g/mol. The van der Waals surface area contributed by atoms with Gasteiger partial charge in [0.1, 0.15) is 13.2 Å². The maximum absolute atomic E-state index is 13.0. The fraction of sp³-hybridized carbons (Fsp3) is 0.300. The van der Waals surface area contributed by atoms with Gasteiger partial charge in [-0.25, -0.2) is 9.59 Å². The van der Waals surface area contributed by atoms with Gasteiger partial charge in [-0.1, -0.05) is 78.9 Å². The average molecular weight is 515 g/mol. The number of nitrogens with zero attached hydrogens (tertiary/aromatic N) is 1. The van der Waals surface area contributed by atoms with Crippen LogP contribution in [-0.4, -0.2) is 53.4 Å². The van der Waals surface area contributed by atoms with Gasteiger partial charge >= 0.3 is 18.2 Å². The molecule has 3 aromatic rings. The van der Waals surface area contributed by atoms with Crippen LogP contribution in [0.15, 0.2) is 78.9 Å². The van der Waals surface area contributed by atoms with E-state index >= 15 is 0 Å². The van der Waals surface area contributed by atoms with Crippen LogP contribution in [0.5, 0.6) is 0 Å². The minimum absolute atomic E-state index is 0.0249. The van der Waals surface area contributed by atoms with Crippen LogP contribution in [0.1, 0.15) is 41.9 Å². The van der Waals surface area contributed by atoms with Crippen molar-refractivity contribution in [2.45, 2.75) is 37.3 Å². The van der Waals surface area contributed by atoms with Gasteiger partial charge in [0.2, 0.25) is 0 Å². The van der Waals surface area contributed by atoms with Gasteiger partial charge in [-0.05, 0) is 40.7 Å². The summed E-state index contributed by atoms with van der Waals surface area (Å²) in [6.45, 7) is 0.673. The summed E-state index contributed by atoms with van der Waals surface area (Å²) in [4.78, 5) is 39.0. The molecule has 3 aromatic carbocycles. The molecule has 0 radical (unpaired) electrons. The molecule has 0 spiro atoms. The van der Waals surface area contributed by atoms with Crippen LogP contribution < -0.4 is 5.32 Å². The molecule has 2 aliphatic rings. The molecule has 0 bridgehead atoms. The van der Waals surface area contributed by atoms with Crippen molar-refractivity contribution in [1.29, 1.82) is 0 Å². The summed E-state index contributed by atoms with van der Waals surface area (Å²) in [5, 5.41) is 12.4. The minimum Gasteiger partial charge on any atom is -0.481 e. The maximum atomic E-state index is 13.0. The largest absolute Gasteiger partial charge is 0.481 e. The molecule has 38 heavy (non-hydrogen) atoms. The van der Waals surface area contributed by atoms with Crippen molar-refractivity contribution >= 4 is 18.2 Å². The first kappa shape index (κ1) is 25.3. The summed E-state index contributed by atoms with van der Waals surface area (Å²) < 4.78 is 11.1. The van der Waals surface area contributed by atoms with Gasteiger partial charge in [0.05, 0.1) is 12.0 Å². The number of amides is 2. The van der Waals surface area contributed by atoms with Crippen LogP contribution in [0.3, 0.4) is 0 Å². The third-order valence-electron chi connectivity index (χ3n) is 7.24. The van der Waals surface area contributed by atoms with E-state index in [-0.39, 0.29) is 32.1 Å². The monoisotopic (exact) mass is 514 g/mol. The predicted octanol–water partition coefficient (Wildman–Crippen LogP) is 5.17. The summed E-state index contributed by atoms with van der Waals surface area (Å²) in [5.41, 5.74) is 4.12. The van der Waals surface area contributed by atoms with Gasteiger partial charge in [0, 0.05) is 19.0 Å². The van der Waals surface area contributed by atoms with E-state index < -0.39 is 23.7 Å². The zero-order valence-corrected chi connectivity index (χ0v) is 21.0. The zero-order valence-electron chi connectivity index (χ0n) is 21.0. The highest BCUT2D eigenvalue weighted by molar-refractivity contribution is 5.79. The lowest BCUT2D eigenvalue weighted by atomic mass is 9.86. The Morgan fingerprint density at radius 2 is 1.53 bits per heavy atom. The number of carbonyl (C=O) groups is 3. The first-order chi connectivity index (χ1) is 18.4. The lowest BCUT2D eigenvalue weighted by molar-refractivity contribution is -0.139. The number of hydrogen-bond acceptors (Lipinski definition) is 5. The number of piperidine rings is 1. The molecule has 2 N–H and O–H groups in total. The average Bonchev–Trinajstić information content (AvgIpc) is 3.24. The number of fused-ring (bicyclic) bond motifs is 3. The van der Waals surface area contributed by atoms with Crippen molar-refractivity contribution in [3.05, 3.63) is 95.6 Å². The second-order valence-electron chi connectivity index (χ2n) is 9.87. The van der Waals surface area contributed by atoms with E-state index in [1.165, 1.54) is 4.90 Å². The standard InChI is InChI=1S/C30H30N2O6/c33-27(34)17-30(15-8-16-32(20-30)29(36)38-18-21-9-2-1-3-10-21)31-28(35)37-19-26-24-13-6-4-11-22(24)23-12-5-7-14-25(23)26/h1-7,9-14,26H,8,15-20H2,(H,31,35)(H,33,34). The van der Waals surface area contributed by atoms with Gasteiger partial charge in [0.15, 0.2) is 0 Å². The highest BCUT2D eigenvalue weighted by Crippen LogP contribution is 2.44. The smallest absolute Gasteiger partial charge is 0.410 e. The summed E-state index contributed by atoms with van der Waals surface area (Å²) in [7, 11) is 0. The van der Waals surface area contributed by atoms with Crippen LogP contribution in [0.4, 0.5) is 9.59 Å². The molecule has 1 heterocycles.